The smallest absolute Gasteiger partial charge is 0.157 e. The van der Waals surface area contributed by atoms with Crippen molar-refractivity contribution < 1.29 is 4.79 Å². The van der Waals surface area contributed by atoms with E-state index < -0.39 is 0 Å². The van der Waals surface area contributed by atoms with Crippen LogP contribution in [0.1, 0.15) is 19.8 Å². The molecule has 56 valence electrons. The standard InChI is InChI=1S/C8H13NO/c1-7(10)8-4-3-5-9(2)6-8/h6H,3-5H2,1-2H3. The fraction of sp³-hybridized carbons (Fsp3) is 0.625. The van der Waals surface area contributed by atoms with Crippen molar-refractivity contribution in [2.24, 2.45) is 0 Å². The minimum atomic E-state index is 0.214. The van der Waals surface area contributed by atoms with Crippen molar-refractivity contribution in [3.05, 3.63) is 11.8 Å². The number of hydrogen-bond acceptors (Lipinski definition) is 2. The summed E-state index contributed by atoms with van der Waals surface area (Å²) in [5.74, 6) is 0.214. The van der Waals surface area contributed by atoms with Gasteiger partial charge in [-0.15, -0.1) is 0 Å². The van der Waals surface area contributed by atoms with Crippen LogP contribution in [0.2, 0.25) is 0 Å². The molecule has 0 spiro atoms. The summed E-state index contributed by atoms with van der Waals surface area (Å²) in [6, 6.07) is 0. The highest BCUT2D eigenvalue weighted by Gasteiger charge is 2.09. The van der Waals surface area contributed by atoms with Crippen molar-refractivity contribution in [2.75, 3.05) is 13.6 Å². The molecule has 0 saturated carbocycles. The van der Waals surface area contributed by atoms with Gasteiger partial charge in [0.1, 0.15) is 0 Å². The van der Waals surface area contributed by atoms with E-state index in [9.17, 15) is 4.79 Å². The number of carbonyl (C=O) groups is 1. The highest BCUT2D eigenvalue weighted by molar-refractivity contribution is 5.93. The summed E-state index contributed by atoms with van der Waals surface area (Å²) < 4.78 is 0. The average Bonchev–Trinajstić information content (AvgIpc) is 1.88. The van der Waals surface area contributed by atoms with Crippen molar-refractivity contribution in [3.8, 4) is 0 Å². The molecule has 10 heavy (non-hydrogen) atoms. The summed E-state index contributed by atoms with van der Waals surface area (Å²) in [4.78, 5) is 12.9. The van der Waals surface area contributed by atoms with E-state index >= 15 is 0 Å². The number of nitrogens with zero attached hydrogens (tertiary/aromatic N) is 1. The van der Waals surface area contributed by atoms with Crippen molar-refractivity contribution >= 4 is 5.78 Å². The third-order valence-corrected chi connectivity index (χ3v) is 1.79. The fourth-order valence-electron chi connectivity index (χ4n) is 1.18. The number of carbonyl (C=O) groups excluding carboxylic acids is 1. The Morgan fingerprint density at radius 2 is 2.40 bits per heavy atom. The second-order valence-electron chi connectivity index (χ2n) is 2.79. The lowest BCUT2D eigenvalue weighted by atomic mass is 10.1. The molecule has 0 aliphatic carbocycles. The van der Waals surface area contributed by atoms with Crippen LogP contribution in [-0.2, 0) is 4.79 Å². The maximum absolute atomic E-state index is 10.8. The van der Waals surface area contributed by atoms with E-state index in [1.165, 1.54) is 0 Å². The van der Waals surface area contributed by atoms with Gasteiger partial charge in [-0.25, -0.2) is 0 Å². The Morgan fingerprint density at radius 3 is 2.80 bits per heavy atom. The van der Waals surface area contributed by atoms with Gasteiger partial charge < -0.3 is 4.90 Å². The maximum Gasteiger partial charge on any atom is 0.157 e. The molecule has 0 bridgehead atoms. The molecule has 0 atom stereocenters. The van der Waals surface area contributed by atoms with Gasteiger partial charge in [-0.3, -0.25) is 4.79 Å². The molecule has 1 aliphatic rings. The second-order valence-corrected chi connectivity index (χ2v) is 2.79. The van der Waals surface area contributed by atoms with E-state index in [0.717, 1.165) is 25.0 Å². The minimum absolute atomic E-state index is 0.214. The largest absolute Gasteiger partial charge is 0.380 e. The Morgan fingerprint density at radius 1 is 1.70 bits per heavy atom. The van der Waals surface area contributed by atoms with Crippen LogP contribution in [-0.4, -0.2) is 24.3 Å². The zero-order chi connectivity index (χ0) is 7.56. The first-order valence-corrected chi connectivity index (χ1v) is 3.62. The normalized spacial score (nSPS) is 18.6. The molecule has 0 unspecified atom stereocenters. The maximum atomic E-state index is 10.8. The van der Waals surface area contributed by atoms with Crippen molar-refractivity contribution in [3.63, 3.8) is 0 Å². The molecule has 0 amide bonds. The molecule has 2 heteroatoms. The lowest BCUT2D eigenvalue weighted by molar-refractivity contribution is -0.113. The van der Waals surface area contributed by atoms with E-state index in [1.807, 2.05) is 13.2 Å². The number of ketones is 1. The highest BCUT2D eigenvalue weighted by atomic mass is 16.1. The quantitative estimate of drug-likeness (QED) is 0.543. The van der Waals surface area contributed by atoms with Gasteiger partial charge in [0.05, 0.1) is 0 Å². The number of rotatable bonds is 1. The van der Waals surface area contributed by atoms with Gasteiger partial charge in [0, 0.05) is 25.4 Å². The lowest BCUT2D eigenvalue weighted by Crippen LogP contribution is -2.19. The number of Topliss-reactive ketones (excluding diaryl/α,β-unsaturated/α-hetero) is 1. The summed E-state index contributed by atoms with van der Waals surface area (Å²) in [6.45, 7) is 2.71. The summed E-state index contributed by atoms with van der Waals surface area (Å²) >= 11 is 0. The first-order chi connectivity index (χ1) is 4.70. The predicted octanol–water partition coefficient (Wildman–Crippen LogP) is 1.18. The van der Waals surface area contributed by atoms with Gasteiger partial charge >= 0.3 is 0 Å². The van der Waals surface area contributed by atoms with Crippen LogP contribution in [0.25, 0.3) is 0 Å². The fourth-order valence-corrected chi connectivity index (χ4v) is 1.18. The molecular formula is C8H13NO. The van der Waals surface area contributed by atoms with E-state index in [4.69, 9.17) is 0 Å². The number of hydrogen-bond donors (Lipinski definition) is 0. The van der Waals surface area contributed by atoms with Crippen LogP contribution in [0.3, 0.4) is 0 Å². The molecule has 0 saturated heterocycles. The molecule has 2 nitrogen and oxygen atoms in total. The molecule has 1 heterocycles. The zero-order valence-electron chi connectivity index (χ0n) is 6.55. The second kappa shape index (κ2) is 2.86. The van der Waals surface area contributed by atoms with Crippen molar-refractivity contribution in [1.29, 1.82) is 0 Å². The van der Waals surface area contributed by atoms with E-state index in [1.54, 1.807) is 6.92 Å². The van der Waals surface area contributed by atoms with Gasteiger partial charge in [-0.1, -0.05) is 0 Å². The molecule has 0 N–H and O–H groups in total. The molecule has 1 aliphatic heterocycles. The molecule has 0 aromatic heterocycles. The van der Waals surface area contributed by atoms with Crippen molar-refractivity contribution in [1.82, 2.24) is 4.90 Å². The molecule has 0 radical (unpaired) electrons. The van der Waals surface area contributed by atoms with Crippen LogP contribution >= 0.6 is 0 Å². The zero-order valence-corrected chi connectivity index (χ0v) is 6.55. The monoisotopic (exact) mass is 139 g/mol. The molecule has 0 aromatic rings. The topological polar surface area (TPSA) is 20.3 Å². The van der Waals surface area contributed by atoms with Crippen LogP contribution in [0.4, 0.5) is 0 Å². The van der Waals surface area contributed by atoms with E-state index in [0.29, 0.717) is 0 Å². The molecule has 1 rings (SSSR count). The SMILES string of the molecule is CC(=O)C1=CN(C)CCC1. The van der Waals surface area contributed by atoms with E-state index in [2.05, 4.69) is 4.90 Å². The van der Waals surface area contributed by atoms with Gasteiger partial charge in [0.15, 0.2) is 5.78 Å². The first kappa shape index (κ1) is 7.32. The Balaban J connectivity index is 2.66. The highest BCUT2D eigenvalue weighted by Crippen LogP contribution is 2.13. The third-order valence-electron chi connectivity index (χ3n) is 1.79. The van der Waals surface area contributed by atoms with Crippen LogP contribution in [0.5, 0.6) is 0 Å². The van der Waals surface area contributed by atoms with Gasteiger partial charge in [0.25, 0.3) is 0 Å². The predicted molar refractivity (Wildman–Crippen MR) is 40.6 cm³/mol. The van der Waals surface area contributed by atoms with Crippen LogP contribution in [0.15, 0.2) is 11.8 Å². The van der Waals surface area contributed by atoms with Gasteiger partial charge in [-0.05, 0) is 19.8 Å². The Hall–Kier alpha value is -0.790. The summed E-state index contributed by atoms with van der Waals surface area (Å²) in [6.07, 6.45) is 4.02. The summed E-state index contributed by atoms with van der Waals surface area (Å²) in [5, 5.41) is 0. The van der Waals surface area contributed by atoms with Crippen molar-refractivity contribution in [2.45, 2.75) is 19.8 Å². The van der Waals surface area contributed by atoms with Crippen LogP contribution < -0.4 is 0 Å². The molecular weight excluding hydrogens is 126 g/mol. The Labute approximate surface area is 61.5 Å². The van der Waals surface area contributed by atoms with Gasteiger partial charge in [-0.2, -0.15) is 0 Å². The summed E-state index contributed by atoms with van der Waals surface area (Å²) in [7, 11) is 2.00. The van der Waals surface area contributed by atoms with Gasteiger partial charge in [0.2, 0.25) is 0 Å². The Bertz CT molecular complexity index is 172. The lowest BCUT2D eigenvalue weighted by Gasteiger charge is -2.20. The van der Waals surface area contributed by atoms with Crippen LogP contribution in [0, 0.1) is 0 Å². The number of allylic oxidation sites excluding steroid dienone is 1. The summed E-state index contributed by atoms with van der Waals surface area (Å²) in [5.41, 5.74) is 0.966. The first-order valence-electron chi connectivity index (χ1n) is 3.62. The third kappa shape index (κ3) is 1.59. The Kier molecular flexibility index (Phi) is 2.10. The van der Waals surface area contributed by atoms with E-state index in [-0.39, 0.29) is 5.78 Å². The minimum Gasteiger partial charge on any atom is -0.380 e. The molecule has 0 aromatic carbocycles. The average molecular weight is 139 g/mol. The molecule has 0 fully saturated rings.